The molecule has 0 unspecified atom stereocenters. The van der Waals surface area contributed by atoms with E-state index in [1.165, 1.54) is 12.1 Å². The van der Waals surface area contributed by atoms with Gasteiger partial charge in [-0.15, -0.1) is 0 Å². The number of halogens is 4. The summed E-state index contributed by atoms with van der Waals surface area (Å²) in [4.78, 5) is 24.0. The smallest absolute Gasteiger partial charge is 0.353 e. The lowest BCUT2D eigenvalue weighted by molar-refractivity contribution is -0.142. The Hall–Kier alpha value is -2.71. The van der Waals surface area contributed by atoms with Crippen molar-refractivity contribution in [2.45, 2.75) is 31.0 Å². The molecule has 0 bridgehead atoms. The summed E-state index contributed by atoms with van der Waals surface area (Å²) < 4.78 is 51.7. The quantitative estimate of drug-likeness (QED) is 0.823. The summed E-state index contributed by atoms with van der Waals surface area (Å²) in [5.41, 5.74) is -1.91. The molecule has 0 spiro atoms. The molecule has 3 rings (SSSR count). The fourth-order valence-corrected chi connectivity index (χ4v) is 2.75. The number of hydrogen-bond donors (Lipinski definition) is 1. The first-order chi connectivity index (χ1) is 12.2. The lowest BCUT2D eigenvalue weighted by Crippen LogP contribution is -2.38. The van der Waals surface area contributed by atoms with E-state index >= 15 is 0 Å². The van der Waals surface area contributed by atoms with Crippen molar-refractivity contribution in [3.63, 3.8) is 0 Å². The van der Waals surface area contributed by atoms with Gasteiger partial charge in [-0.1, -0.05) is 12.1 Å². The normalized spacial score (nSPS) is 15.5. The van der Waals surface area contributed by atoms with Gasteiger partial charge in [-0.2, -0.15) is 18.3 Å². The van der Waals surface area contributed by atoms with Crippen LogP contribution in [0.1, 0.15) is 24.1 Å². The molecule has 9 heteroatoms. The first kappa shape index (κ1) is 18.1. The van der Waals surface area contributed by atoms with Crippen LogP contribution in [0.25, 0.3) is 0 Å². The number of nitrogens with zero attached hydrogens (tertiary/aromatic N) is 2. The van der Waals surface area contributed by atoms with E-state index < -0.39 is 28.7 Å². The molecule has 0 aliphatic heterocycles. The van der Waals surface area contributed by atoms with Crippen LogP contribution in [0.15, 0.2) is 41.2 Å². The number of nitrogens with one attached hydrogen (secondary N) is 1. The Bertz CT molecular complexity index is 871. The molecule has 1 aromatic heterocycles. The standard InChI is InChI=1S/C17H15F4N3O2/c18-12-3-1-11(2-4-12)16(7-8-16)15(26)22-9-10-24-14(25)6-5-13(23-24)17(19,20)21/h1-6H,7-10H2,(H,22,26). The molecule has 1 saturated carbocycles. The van der Waals surface area contributed by atoms with Gasteiger partial charge in [0.25, 0.3) is 5.56 Å². The van der Waals surface area contributed by atoms with Crippen molar-refractivity contribution in [2.24, 2.45) is 0 Å². The maximum atomic E-state index is 13.0. The molecule has 5 nitrogen and oxygen atoms in total. The van der Waals surface area contributed by atoms with E-state index in [2.05, 4.69) is 10.4 Å². The van der Waals surface area contributed by atoms with Crippen LogP contribution in [0, 0.1) is 5.82 Å². The highest BCUT2D eigenvalue weighted by Crippen LogP contribution is 2.48. The first-order valence-electron chi connectivity index (χ1n) is 7.92. The summed E-state index contributed by atoms with van der Waals surface area (Å²) in [6.07, 6.45) is -3.45. The minimum atomic E-state index is -4.65. The number of carbonyl (C=O) groups excluding carboxylic acids is 1. The molecule has 1 fully saturated rings. The van der Waals surface area contributed by atoms with Gasteiger partial charge >= 0.3 is 6.18 Å². The molecule has 2 aromatic rings. The monoisotopic (exact) mass is 369 g/mol. The van der Waals surface area contributed by atoms with Crippen molar-refractivity contribution < 1.29 is 22.4 Å². The molecular formula is C17H15F4N3O2. The molecule has 1 aliphatic rings. The Labute approximate surface area is 145 Å². The SMILES string of the molecule is O=C(NCCn1nc(C(F)(F)F)ccc1=O)C1(c2ccc(F)cc2)CC1. The Morgan fingerprint density at radius 3 is 2.38 bits per heavy atom. The summed E-state index contributed by atoms with van der Waals surface area (Å²) in [6, 6.07) is 7.04. The molecule has 0 radical (unpaired) electrons. The lowest BCUT2D eigenvalue weighted by atomic mass is 9.95. The highest BCUT2D eigenvalue weighted by molar-refractivity contribution is 5.91. The molecule has 0 saturated heterocycles. The third-order valence-electron chi connectivity index (χ3n) is 4.35. The van der Waals surface area contributed by atoms with E-state index in [9.17, 15) is 27.2 Å². The Morgan fingerprint density at radius 2 is 1.81 bits per heavy atom. The largest absolute Gasteiger partial charge is 0.435 e. The van der Waals surface area contributed by atoms with E-state index in [1.54, 1.807) is 12.1 Å². The van der Waals surface area contributed by atoms with Gasteiger partial charge < -0.3 is 5.32 Å². The molecule has 138 valence electrons. The van der Waals surface area contributed by atoms with Crippen LogP contribution in [-0.2, 0) is 22.9 Å². The zero-order valence-electron chi connectivity index (χ0n) is 13.5. The number of aromatic nitrogens is 2. The number of rotatable bonds is 5. The lowest BCUT2D eigenvalue weighted by Gasteiger charge is -2.16. The molecule has 1 N–H and O–H groups in total. The van der Waals surface area contributed by atoms with Crippen molar-refractivity contribution in [1.82, 2.24) is 15.1 Å². The van der Waals surface area contributed by atoms with E-state index in [0.29, 0.717) is 29.2 Å². The predicted molar refractivity (Wildman–Crippen MR) is 83.8 cm³/mol. The Kier molecular flexibility index (Phi) is 4.55. The average molecular weight is 369 g/mol. The summed E-state index contributed by atoms with van der Waals surface area (Å²) in [5, 5.41) is 5.89. The van der Waals surface area contributed by atoms with Crippen LogP contribution in [0.2, 0.25) is 0 Å². The summed E-state index contributed by atoms with van der Waals surface area (Å²) >= 11 is 0. The predicted octanol–water partition coefficient (Wildman–Crippen LogP) is 2.25. The van der Waals surface area contributed by atoms with Crippen LogP contribution in [0.3, 0.4) is 0 Å². The second-order valence-corrected chi connectivity index (χ2v) is 6.12. The average Bonchev–Trinajstić information content (AvgIpc) is 3.38. The Balaban J connectivity index is 1.64. The number of carbonyl (C=O) groups is 1. The van der Waals surface area contributed by atoms with Gasteiger partial charge in [0.1, 0.15) is 5.82 Å². The first-order valence-corrected chi connectivity index (χ1v) is 7.92. The molecule has 1 aliphatic carbocycles. The zero-order valence-corrected chi connectivity index (χ0v) is 13.5. The van der Waals surface area contributed by atoms with Crippen molar-refractivity contribution >= 4 is 5.91 Å². The second kappa shape index (κ2) is 6.54. The van der Waals surface area contributed by atoms with E-state index in [1.807, 2.05) is 0 Å². The number of alkyl halides is 3. The number of benzene rings is 1. The van der Waals surface area contributed by atoms with Crippen molar-refractivity contribution in [1.29, 1.82) is 0 Å². The molecular weight excluding hydrogens is 354 g/mol. The van der Waals surface area contributed by atoms with Gasteiger partial charge in [0.05, 0.1) is 12.0 Å². The van der Waals surface area contributed by atoms with Crippen molar-refractivity contribution in [3.05, 3.63) is 63.8 Å². The highest BCUT2D eigenvalue weighted by Gasteiger charge is 2.51. The topological polar surface area (TPSA) is 64.0 Å². The third kappa shape index (κ3) is 3.61. The molecule has 26 heavy (non-hydrogen) atoms. The van der Waals surface area contributed by atoms with Gasteiger partial charge in [0, 0.05) is 12.6 Å². The maximum Gasteiger partial charge on any atom is 0.435 e. The van der Waals surface area contributed by atoms with Gasteiger partial charge in [-0.25, -0.2) is 9.07 Å². The fraction of sp³-hybridized carbons (Fsp3) is 0.353. The minimum absolute atomic E-state index is 0.0456. The summed E-state index contributed by atoms with van der Waals surface area (Å²) in [7, 11) is 0. The number of hydrogen-bond acceptors (Lipinski definition) is 3. The zero-order chi connectivity index (χ0) is 18.9. The van der Waals surface area contributed by atoms with Crippen molar-refractivity contribution in [2.75, 3.05) is 6.54 Å². The second-order valence-electron chi connectivity index (χ2n) is 6.12. The molecule has 1 amide bonds. The van der Waals surface area contributed by atoms with Crippen LogP contribution in [0.4, 0.5) is 17.6 Å². The van der Waals surface area contributed by atoms with Crippen LogP contribution < -0.4 is 10.9 Å². The molecule has 1 heterocycles. The number of amides is 1. The summed E-state index contributed by atoms with van der Waals surface area (Å²) in [5.74, 6) is -0.705. The van der Waals surface area contributed by atoms with Crippen LogP contribution >= 0.6 is 0 Å². The Morgan fingerprint density at radius 1 is 1.15 bits per heavy atom. The summed E-state index contributed by atoms with van der Waals surface area (Å²) in [6.45, 7) is -0.232. The minimum Gasteiger partial charge on any atom is -0.353 e. The van der Waals surface area contributed by atoms with E-state index in [-0.39, 0.29) is 19.0 Å². The third-order valence-corrected chi connectivity index (χ3v) is 4.35. The fourth-order valence-electron chi connectivity index (χ4n) is 2.75. The van der Waals surface area contributed by atoms with Gasteiger partial charge in [-0.05, 0) is 36.6 Å². The van der Waals surface area contributed by atoms with Gasteiger partial charge in [-0.3, -0.25) is 9.59 Å². The van der Waals surface area contributed by atoms with Gasteiger partial charge in [0.15, 0.2) is 5.69 Å². The van der Waals surface area contributed by atoms with E-state index in [4.69, 9.17) is 0 Å². The van der Waals surface area contributed by atoms with Crippen LogP contribution in [-0.4, -0.2) is 22.2 Å². The highest BCUT2D eigenvalue weighted by atomic mass is 19.4. The van der Waals surface area contributed by atoms with Crippen molar-refractivity contribution in [3.8, 4) is 0 Å². The van der Waals surface area contributed by atoms with Crippen LogP contribution in [0.5, 0.6) is 0 Å². The molecule has 1 aromatic carbocycles. The molecule has 0 atom stereocenters. The van der Waals surface area contributed by atoms with E-state index in [0.717, 1.165) is 6.07 Å². The maximum absolute atomic E-state index is 13.0. The van der Waals surface area contributed by atoms with Gasteiger partial charge in [0.2, 0.25) is 5.91 Å².